The Kier molecular flexibility index (Phi) is 5.15. The number of hydrogen-bond acceptors (Lipinski definition) is 4. The summed E-state index contributed by atoms with van der Waals surface area (Å²) in [5.74, 6) is 0.183. The summed E-state index contributed by atoms with van der Waals surface area (Å²) in [7, 11) is 4.06. The molecule has 162 valence electrons. The van der Waals surface area contributed by atoms with Crippen molar-refractivity contribution in [1.29, 1.82) is 0 Å². The van der Waals surface area contributed by atoms with Crippen molar-refractivity contribution in [3.8, 4) is 5.75 Å². The van der Waals surface area contributed by atoms with Crippen LogP contribution in [0.3, 0.4) is 0 Å². The summed E-state index contributed by atoms with van der Waals surface area (Å²) >= 11 is 0. The van der Waals surface area contributed by atoms with Gasteiger partial charge in [-0.05, 0) is 61.6 Å². The maximum Gasteiger partial charge on any atom is 0.258 e. The maximum absolute atomic E-state index is 13.8. The van der Waals surface area contributed by atoms with Crippen molar-refractivity contribution in [2.24, 2.45) is 0 Å². The van der Waals surface area contributed by atoms with Crippen molar-refractivity contribution in [1.82, 2.24) is 4.90 Å². The monoisotopic (exact) mass is 429 g/mol. The first-order valence-electron chi connectivity index (χ1n) is 10.6. The minimum atomic E-state index is -0.387. The van der Waals surface area contributed by atoms with Crippen molar-refractivity contribution in [2.75, 3.05) is 31.3 Å². The third-order valence-corrected chi connectivity index (χ3v) is 5.68. The lowest BCUT2D eigenvalue weighted by atomic mass is 9.98. The van der Waals surface area contributed by atoms with Crippen LogP contribution in [0.5, 0.6) is 5.75 Å². The molecule has 0 spiro atoms. The number of amides is 1. The molecule has 3 aromatic carbocycles. The minimum absolute atomic E-state index is 0.265. The van der Waals surface area contributed by atoms with E-state index in [9.17, 15) is 9.18 Å². The number of halogens is 1. The summed E-state index contributed by atoms with van der Waals surface area (Å²) in [6, 6.07) is 18.5. The Balaban J connectivity index is 1.61. The fourth-order valence-electron chi connectivity index (χ4n) is 4.20. The molecule has 0 atom stereocenters. The lowest BCUT2D eigenvalue weighted by molar-refractivity contribution is -0.110. The zero-order valence-electron chi connectivity index (χ0n) is 18.0. The Morgan fingerprint density at radius 3 is 2.69 bits per heavy atom. The molecule has 0 bridgehead atoms. The van der Waals surface area contributed by atoms with Gasteiger partial charge in [0, 0.05) is 29.8 Å². The average Bonchev–Trinajstić information content (AvgIpc) is 3.35. The van der Waals surface area contributed by atoms with Gasteiger partial charge in [0.25, 0.3) is 5.91 Å². The van der Waals surface area contributed by atoms with Crippen molar-refractivity contribution in [3.05, 3.63) is 88.7 Å². The molecule has 2 N–H and O–H groups in total. The van der Waals surface area contributed by atoms with Gasteiger partial charge in [0.15, 0.2) is 0 Å². The van der Waals surface area contributed by atoms with Crippen molar-refractivity contribution >= 4 is 28.6 Å². The zero-order valence-corrected chi connectivity index (χ0v) is 18.0. The molecule has 2 aliphatic rings. The van der Waals surface area contributed by atoms with E-state index in [-0.39, 0.29) is 11.7 Å². The highest BCUT2D eigenvalue weighted by Gasteiger charge is 2.29. The summed E-state index contributed by atoms with van der Waals surface area (Å²) in [5.41, 5.74) is 6.34. The van der Waals surface area contributed by atoms with Crippen LogP contribution in [0.1, 0.15) is 22.3 Å². The molecule has 2 aliphatic heterocycles. The first kappa shape index (κ1) is 20.3. The number of rotatable bonds is 5. The first-order valence-corrected chi connectivity index (χ1v) is 10.6. The SMILES string of the molecule is CN(C)Cc1ccc(N/C(=C2\C(=O)Nc3cc(F)ccc32)c2ccc3c(c2)OCC3)cc1. The molecular formula is C26H24FN3O2. The standard InChI is InChI=1S/C26H24FN3O2/c1-30(2)15-16-3-8-20(9-4-16)28-25(18-6-5-17-11-12-32-23(17)13-18)24-21-10-7-19(27)14-22(21)29-26(24)31/h3-10,13-14,28H,11-12,15H2,1-2H3,(H,29,31)/b25-24-. The normalized spacial score (nSPS) is 15.8. The smallest absolute Gasteiger partial charge is 0.258 e. The summed E-state index contributed by atoms with van der Waals surface area (Å²) < 4.78 is 19.5. The number of carbonyl (C=O) groups excluding carboxylic acids is 1. The molecule has 0 unspecified atom stereocenters. The Bertz CT molecular complexity index is 1230. The number of nitrogens with one attached hydrogen (secondary N) is 2. The second kappa shape index (κ2) is 8.13. The quantitative estimate of drug-likeness (QED) is 0.575. The van der Waals surface area contributed by atoms with Crippen LogP contribution in [0.4, 0.5) is 15.8 Å². The van der Waals surface area contributed by atoms with Gasteiger partial charge in [0.05, 0.1) is 23.6 Å². The van der Waals surface area contributed by atoms with E-state index in [1.54, 1.807) is 6.07 Å². The summed E-state index contributed by atoms with van der Waals surface area (Å²) in [5, 5.41) is 6.24. The van der Waals surface area contributed by atoms with Gasteiger partial charge in [-0.3, -0.25) is 4.79 Å². The number of anilines is 2. The molecular weight excluding hydrogens is 405 g/mol. The summed E-state index contributed by atoms with van der Waals surface area (Å²) in [6.07, 6.45) is 0.880. The van der Waals surface area contributed by atoms with Crippen LogP contribution >= 0.6 is 0 Å². The molecule has 5 nitrogen and oxygen atoms in total. The highest BCUT2D eigenvalue weighted by Crippen LogP contribution is 2.39. The molecule has 32 heavy (non-hydrogen) atoms. The van der Waals surface area contributed by atoms with E-state index < -0.39 is 0 Å². The van der Waals surface area contributed by atoms with Gasteiger partial charge in [-0.1, -0.05) is 24.3 Å². The maximum atomic E-state index is 13.8. The van der Waals surface area contributed by atoms with Crippen molar-refractivity contribution in [3.63, 3.8) is 0 Å². The van der Waals surface area contributed by atoms with E-state index in [1.165, 1.54) is 17.7 Å². The number of hydrogen-bond donors (Lipinski definition) is 2. The van der Waals surface area contributed by atoms with Gasteiger partial charge in [-0.15, -0.1) is 0 Å². The second-order valence-corrected chi connectivity index (χ2v) is 8.37. The van der Waals surface area contributed by atoms with Crippen LogP contribution < -0.4 is 15.4 Å². The molecule has 0 aliphatic carbocycles. The van der Waals surface area contributed by atoms with Crippen LogP contribution in [0.2, 0.25) is 0 Å². The van der Waals surface area contributed by atoms with Gasteiger partial charge in [-0.2, -0.15) is 0 Å². The number of fused-ring (bicyclic) bond motifs is 2. The van der Waals surface area contributed by atoms with Crippen LogP contribution in [-0.2, 0) is 17.8 Å². The molecule has 0 fully saturated rings. The zero-order chi connectivity index (χ0) is 22.2. The lowest BCUT2D eigenvalue weighted by Gasteiger charge is -2.16. The fraction of sp³-hybridized carbons (Fsp3) is 0.192. The minimum Gasteiger partial charge on any atom is -0.493 e. The van der Waals surface area contributed by atoms with E-state index in [2.05, 4.69) is 27.7 Å². The summed E-state index contributed by atoms with van der Waals surface area (Å²) in [4.78, 5) is 15.1. The van der Waals surface area contributed by atoms with Gasteiger partial charge in [0.1, 0.15) is 11.6 Å². The molecule has 3 aromatic rings. The Labute approximate surface area is 186 Å². The van der Waals surface area contributed by atoms with Gasteiger partial charge < -0.3 is 20.3 Å². The Hall–Kier alpha value is -3.64. The fourth-order valence-corrected chi connectivity index (χ4v) is 4.20. The number of benzene rings is 3. The van der Waals surface area contributed by atoms with Crippen molar-refractivity contribution in [2.45, 2.75) is 13.0 Å². The predicted molar refractivity (Wildman–Crippen MR) is 125 cm³/mol. The third kappa shape index (κ3) is 3.85. The number of carbonyl (C=O) groups is 1. The summed E-state index contributed by atoms with van der Waals surface area (Å²) in [6.45, 7) is 1.51. The van der Waals surface area contributed by atoms with E-state index in [4.69, 9.17) is 4.74 Å². The first-order chi connectivity index (χ1) is 15.5. The van der Waals surface area contributed by atoms with E-state index in [0.29, 0.717) is 29.1 Å². The molecule has 0 radical (unpaired) electrons. The van der Waals surface area contributed by atoms with E-state index >= 15 is 0 Å². The highest BCUT2D eigenvalue weighted by atomic mass is 19.1. The average molecular weight is 429 g/mol. The van der Waals surface area contributed by atoms with Crippen LogP contribution in [0, 0.1) is 5.82 Å². The lowest BCUT2D eigenvalue weighted by Crippen LogP contribution is -2.11. The Morgan fingerprint density at radius 2 is 1.91 bits per heavy atom. The predicted octanol–water partition coefficient (Wildman–Crippen LogP) is 4.75. The van der Waals surface area contributed by atoms with Crippen molar-refractivity contribution < 1.29 is 13.9 Å². The molecule has 0 saturated heterocycles. The molecule has 6 heteroatoms. The van der Waals surface area contributed by atoms with Gasteiger partial charge in [-0.25, -0.2) is 4.39 Å². The van der Waals surface area contributed by atoms with E-state index in [0.717, 1.165) is 35.5 Å². The largest absolute Gasteiger partial charge is 0.493 e. The molecule has 2 heterocycles. The Morgan fingerprint density at radius 1 is 1.09 bits per heavy atom. The number of nitrogens with zero attached hydrogens (tertiary/aromatic N) is 1. The van der Waals surface area contributed by atoms with E-state index in [1.807, 2.05) is 44.4 Å². The van der Waals surface area contributed by atoms with Crippen LogP contribution in [-0.4, -0.2) is 31.5 Å². The second-order valence-electron chi connectivity index (χ2n) is 8.37. The molecule has 1 amide bonds. The number of ether oxygens (including phenoxy) is 1. The third-order valence-electron chi connectivity index (χ3n) is 5.68. The highest BCUT2D eigenvalue weighted by molar-refractivity contribution is 6.37. The molecule has 5 rings (SSSR count). The van der Waals surface area contributed by atoms with Gasteiger partial charge in [0.2, 0.25) is 0 Å². The topological polar surface area (TPSA) is 53.6 Å². The molecule has 0 saturated carbocycles. The van der Waals surface area contributed by atoms with Crippen LogP contribution in [0.15, 0.2) is 60.7 Å². The van der Waals surface area contributed by atoms with Gasteiger partial charge >= 0.3 is 0 Å². The molecule has 0 aromatic heterocycles. The van der Waals surface area contributed by atoms with Crippen LogP contribution in [0.25, 0.3) is 11.3 Å².